The number of nitrogens with one attached hydrogen (secondary N) is 2. The Balaban J connectivity index is 1.57. The fourth-order valence-corrected chi connectivity index (χ4v) is 2.98. The molecule has 2 N–H and O–H groups in total. The van der Waals surface area contributed by atoms with Gasteiger partial charge in [-0.3, -0.25) is 0 Å². The molecule has 2 heterocycles. The second kappa shape index (κ2) is 7.29. The van der Waals surface area contributed by atoms with Crippen molar-refractivity contribution in [1.82, 2.24) is 15.3 Å². The molecule has 0 atom stereocenters. The van der Waals surface area contributed by atoms with Gasteiger partial charge in [-0.25, -0.2) is 14.8 Å². The van der Waals surface area contributed by atoms with E-state index < -0.39 is 0 Å². The monoisotopic (exact) mass is 325 g/mol. The maximum absolute atomic E-state index is 12.1. The van der Waals surface area contributed by atoms with Crippen molar-refractivity contribution in [2.24, 2.45) is 0 Å². The molecule has 1 aliphatic heterocycles. The van der Waals surface area contributed by atoms with Crippen molar-refractivity contribution in [2.75, 3.05) is 23.3 Å². The van der Waals surface area contributed by atoms with Crippen molar-refractivity contribution in [2.45, 2.75) is 33.2 Å². The van der Waals surface area contributed by atoms with Gasteiger partial charge in [0.25, 0.3) is 0 Å². The molecule has 24 heavy (non-hydrogen) atoms. The van der Waals surface area contributed by atoms with Crippen LogP contribution in [0.4, 0.5) is 16.3 Å². The summed E-state index contributed by atoms with van der Waals surface area (Å²) in [6.45, 7) is 6.40. The van der Waals surface area contributed by atoms with Gasteiger partial charge in [-0.15, -0.1) is 0 Å². The quantitative estimate of drug-likeness (QED) is 0.906. The number of nitrogens with zero attached hydrogens (tertiary/aromatic N) is 3. The molecule has 0 saturated carbocycles. The summed E-state index contributed by atoms with van der Waals surface area (Å²) in [6.07, 6.45) is 4.16. The first-order valence-corrected chi connectivity index (χ1v) is 8.30. The minimum atomic E-state index is -0.254. The van der Waals surface area contributed by atoms with Crippen molar-refractivity contribution in [1.29, 1.82) is 0 Å². The van der Waals surface area contributed by atoms with Crippen LogP contribution < -0.4 is 15.5 Å². The van der Waals surface area contributed by atoms with Gasteiger partial charge >= 0.3 is 6.03 Å². The Kier molecular flexibility index (Phi) is 4.93. The Morgan fingerprint density at radius 1 is 1.17 bits per heavy atom. The molecule has 1 aromatic heterocycles. The van der Waals surface area contributed by atoms with E-state index in [1.165, 1.54) is 12.8 Å². The van der Waals surface area contributed by atoms with E-state index in [0.717, 1.165) is 35.7 Å². The number of hydrogen-bond donors (Lipinski definition) is 2. The number of carbonyl (C=O) groups is 1. The number of rotatable bonds is 4. The summed E-state index contributed by atoms with van der Waals surface area (Å²) in [6, 6.07) is 7.62. The van der Waals surface area contributed by atoms with Gasteiger partial charge in [-0.05, 0) is 56.0 Å². The summed E-state index contributed by atoms with van der Waals surface area (Å²) in [7, 11) is 0. The minimum Gasteiger partial charge on any atom is -0.357 e. The van der Waals surface area contributed by atoms with Crippen LogP contribution in [0, 0.1) is 13.8 Å². The molecule has 6 nitrogen and oxygen atoms in total. The first-order chi connectivity index (χ1) is 11.6. The van der Waals surface area contributed by atoms with E-state index in [0.29, 0.717) is 12.4 Å². The second-order valence-corrected chi connectivity index (χ2v) is 6.21. The molecule has 6 heteroatoms. The molecule has 0 aliphatic carbocycles. The van der Waals surface area contributed by atoms with Gasteiger partial charge in [0.05, 0.1) is 6.54 Å². The van der Waals surface area contributed by atoms with Gasteiger partial charge in [0.1, 0.15) is 11.6 Å². The fraction of sp³-hybridized carbons (Fsp3) is 0.389. The van der Waals surface area contributed by atoms with Gasteiger partial charge in [-0.1, -0.05) is 6.07 Å². The Morgan fingerprint density at radius 2 is 1.88 bits per heavy atom. The first kappa shape index (κ1) is 16.2. The normalized spacial score (nSPS) is 13.8. The number of urea groups is 1. The van der Waals surface area contributed by atoms with Crippen molar-refractivity contribution in [3.63, 3.8) is 0 Å². The molecule has 1 fully saturated rings. The molecule has 2 aromatic rings. The highest BCUT2D eigenvalue weighted by Gasteiger charge is 2.14. The van der Waals surface area contributed by atoms with Gasteiger partial charge in [0.15, 0.2) is 0 Å². The molecule has 2 amide bonds. The number of carbonyl (C=O) groups excluding carboxylic acids is 1. The number of anilines is 2. The van der Waals surface area contributed by atoms with Gasteiger partial charge in [0, 0.05) is 25.0 Å². The van der Waals surface area contributed by atoms with Crippen LogP contribution in [0.25, 0.3) is 0 Å². The molecule has 1 aromatic carbocycles. The van der Waals surface area contributed by atoms with E-state index in [1.807, 2.05) is 32.0 Å². The number of benzene rings is 1. The summed E-state index contributed by atoms with van der Waals surface area (Å²) in [5.41, 5.74) is 3.02. The van der Waals surface area contributed by atoms with Crippen molar-refractivity contribution < 1.29 is 4.79 Å². The molecule has 0 bridgehead atoms. The van der Waals surface area contributed by atoms with E-state index in [-0.39, 0.29) is 6.03 Å². The molecular weight excluding hydrogens is 302 g/mol. The lowest BCUT2D eigenvalue weighted by Crippen LogP contribution is -2.29. The van der Waals surface area contributed by atoms with Gasteiger partial charge in [0.2, 0.25) is 0 Å². The van der Waals surface area contributed by atoms with E-state index in [4.69, 9.17) is 0 Å². The van der Waals surface area contributed by atoms with Crippen LogP contribution in [0.15, 0.2) is 30.5 Å². The number of aromatic nitrogens is 2. The van der Waals surface area contributed by atoms with Crippen molar-refractivity contribution in [3.05, 3.63) is 47.4 Å². The standard InChI is InChI=1S/C18H23N5O/c1-13-9-14(2)11-15(10-13)21-18(24)20-12-16-19-6-5-17(22-16)23-7-3-4-8-23/h5-6,9-11H,3-4,7-8,12H2,1-2H3,(H2,20,21,24). The lowest BCUT2D eigenvalue weighted by atomic mass is 10.1. The highest BCUT2D eigenvalue weighted by Crippen LogP contribution is 2.17. The Morgan fingerprint density at radius 3 is 2.58 bits per heavy atom. The van der Waals surface area contributed by atoms with Gasteiger partial charge < -0.3 is 15.5 Å². The largest absolute Gasteiger partial charge is 0.357 e. The summed E-state index contributed by atoms with van der Waals surface area (Å²) < 4.78 is 0. The Labute approximate surface area is 142 Å². The summed E-state index contributed by atoms with van der Waals surface area (Å²) >= 11 is 0. The molecule has 0 unspecified atom stereocenters. The molecular formula is C18H23N5O. The van der Waals surface area contributed by atoms with E-state index in [2.05, 4.69) is 31.6 Å². The minimum absolute atomic E-state index is 0.254. The third-order valence-corrected chi connectivity index (χ3v) is 4.01. The maximum atomic E-state index is 12.1. The second-order valence-electron chi connectivity index (χ2n) is 6.21. The van der Waals surface area contributed by atoms with Crippen LogP contribution in [0.1, 0.15) is 29.8 Å². The third-order valence-electron chi connectivity index (χ3n) is 4.01. The fourth-order valence-electron chi connectivity index (χ4n) is 2.98. The first-order valence-electron chi connectivity index (χ1n) is 8.30. The number of amides is 2. The van der Waals surface area contributed by atoms with Crippen LogP contribution >= 0.6 is 0 Å². The van der Waals surface area contributed by atoms with Crippen LogP contribution in [0.2, 0.25) is 0 Å². The van der Waals surface area contributed by atoms with Crippen LogP contribution in [0.5, 0.6) is 0 Å². The van der Waals surface area contributed by atoms with Crippen molar-refractivity contribution in [3.8, 4) is 0 Å². The predicted molar refractivity (Wildman–Crippen MR) is 95.3 cm³/mol. The molecule has 126 valence electrons. The summed E-state index contributed by atoms with van der Waals surface area (Å²) in [4.78, 5) is 23.1. The zero-order valence-corrected chi connectivity index (χ0v) is 14.2. The highest BCUT2D eigenvalue weighted by molar-refractivity contribution is 5.89. The lowest BCUT2D eigenvalue weighted by molar-refractivity contribution is 0.251. The highest BCUT2D eigenvalue weighted by atomic mass is 16.2. The molecule has 0 radical (unpaired) electrons. The third kappa shape index (κ3) is 4.22. The van der Waals surface area contributed by atoms with Crippen molar-refractivity contribution >= 4 is 17.5 Å². The average molecular weight is 325 g/mol. The maximum Gasteiger partial charge on any atom is 0.319 e. The Hall–Kier alpha value is -2.63. The zero-order valence-electron chi connectivity index (χ0n) is 14.2. The molecule has 0 spiro atoms. The van der Waals surface area contributed by atoms with E-state index in [1.54, 1.807) is 6.20 Å². The number of aryl methyl sites for hydroxylation is 2. The van der Waals surface area contributed by atoms with Crippen LogP contribution in [-0.4, -0.2) is 29.1 Å². The van der Waals surface area contributed by atoms with E-state index >= 15 is 0 Å². The Bertz CT molecular complexity index is 705. The molecule has 1 aliphatic rings. The molecule has 1 saturated heterocycles. The van der Waals surface area contributed by atoms with E-state index in [9.17, 15) is 4.79 Å². The topological polar surface area (TPSA) is 70.2 Å². The average Bonchev–Trinajstić information content (AvgIpc) is 3.07. The van der Waals surface area contributed by atoms with Crippen LogP contribution in [0.3, 0.4) is 0 Å². The number of hydrogen-bond acceptors (Lipinski definition) is 4. The summed E-state index contributed by atoms with van der Waals surface area (Å²) in [5.74, 6) is 1.56. The van der Waals surface area contributed by atoms with Crippen LogP contribution in [-0.2, 0) is 6.54 Å². The molecule has 3 rings (SSSR count). The smallest absolute Gasteiger partial charge is 0.319 e. The zero-order chi connectivity index (χ0) is 16.9. The SMILES string of the molecule is Cc1cc(C)cc(NC(=O)NCc2nccc(N3CCCC3)n2)c1. The summed E-state index contributed by atoms with van der Waals surface area (Å²) in [5, 5.41) is 5.66. The predicted octanol–water partition coefficient (Wildman–Crippen LogP) is 3.02. The lowest BCUT2D eigenvalue weighted by Gasteiger charge is -2.16. The van der Waals surface area contributed by atoms with Gasteiger partial charge in [-0.2, -0.15) is 0 Å².